The number of Topliss-reactive ketones (excluding diaryl/α,β-unsaturated/α-hetero) is 1. The normalized spacial score (nSPS) is 17.6. The molecule has 2 heteroatoms. The molecule has 1 aliphatic rings. The van der Waals surface area contributed by atoms with Crippen LogP contribution in [-0.4, -0.2) is 10.8 Å². The van der Waals surface area contributed by atoms with Gasteiger partial charge in [-0.05, 0) is 24.8 Å². The number of benzene rings is 1. The first-order valence-corrected chi connectivity index (χ1v) is 5.87. The standard InChI is InChI=1S/C14H15NO/c1-9(10-6-7-10)14(16)12-8-15-13-5-3-2-4-11(12)13/h2-5,8-10,15H,6-7H2,1H3. The van der Waals surface area contributed by atoms with Gasteiger partial charge in [0, 0.05) is 28.6 Å². The first-order valence-electron chi connectivity index (χ1n) is 5.87. The molecule has 1 saturated carbocycles. The largest absolute Gasteiger partial charge is 0.360 e. The molecule has 0 spiro atoms. The van der Waals surface area contributed by atoms with E-state index in [0.717, 1.165) is 16.5 Å². The van der Waals surface area contributed by atoms with Gasteiger partial charge in [-0.3, -0.25) is 4.79 Å². The Labute approximate surface area is 94.7 Å². The predicted molar refractivity (Wildman–Crippen MR) is 64.5 cm³/mol. The van der Waals surface area contributed by atoms with Crippen LogP contribution in [0.2, 0.25) is 0 Å². The highest BCUT2D eigenvalue weighted by molar-refractivity contribution is 6.08. The maximum absolute atomic E-state index is 12.3. The van der Waals surface area contributed by atoms with Gasteiger partial charge in [0.1, 0.15) is 0 Å². The van der Waals surface area contributed by atoms with Crippen LogP contribution in [0.4, 0.5) is 0 Å². The number of aromatic nitrogens is 1. The molecule has 1 unspecified atom stereocenters. The lowest BCUT2D eigenvalue weighted by atomic mass is 9.95. The van der Waals surface area contributed by atoms with Gasteiger partial charge >= 0.3 is 0 Å². The van der Waals surface area contributed by atoms with Crippen molar-refractivity contribution in [3.63, 3.8) is 0 Å². The lowest BCUT2D eigenvalue weighted by Gasteiger charge is -2.07. The third-order valence-corrected chi connectivity index (χ3v) is 3.60. The minimum atomic E-state index is 0.180. The number of rotatable bonds is 3. The molecule has 1 fully saturated rings. The summed E-state index contributed by atoms with van der Waals surface area (Å²) in [5.41, 5.74) is 1.91. The number of aromatic amines is 1. The Morgan fingerprint density at radius 2 is 2.12 bits per heavy atom. The Bertz CT molecular complexity index is 536. The van der Waals surface area contributed by atoms with E-state index < -0.39 is 0 Å². The molecule has 3 rings (SSSR count). The minimum absolute atomic E-state index is 0.180. The fourth-order valence-corrected chi connectivity index (χ4v) is 2.33. The number of fused-ring (bicyclic) bond motifs is 1. The van der Waals surface area contributed by atoms with Gasteiger partial charge < -0.3 is 4.98 Å². The van der Waals surface area contributed by atoms with Gasteiger partial charge in [-0.1, -0.05) is 25.1 Å². The van der Waals surface area contributed by atoms with Crippen LogP contribution in [0.5, 0.6) is 0 Å². The summed E-state index contributed by atoms with van der Waals surface area (Å²) < 4.78 is 0. The highest BCUT2D eigenvalue weighted by Crippen LogP contribution is 2.38. The van der Waals surface area contributed by atoms with E-state index in [1.807, 2.05) is 30.5 Å². The van der Waals surface area contributed by atoms with Crippen LogP contribution in [0.3, 0.4) is 0 Å². The molecule has 1 heterocycles. The van der Waals surface area contributed by atoms with Gasteiger partial charge in [-0.25, -0.2) is 0 Å². The van der Waals surface area contributed by atoms with Crippen LogP contribution in [0.1, 0.15) is 30.1 Å². The monoisotopic (exact) mass is 213 g/mol. The van der Waals surface area contributed by atoms with Crippen molar-refractivity contribution in [3.05, 3.63) is 36.0 Å². The molecule has 1 aromatic carbocycles. The van der Waals surface area contributed by atoms with E-state index in [1.165, 1.54) is 12.8 Å². The van der Waals surface area contributed by atoms with Gasteiger partial charge in [0.15, 0.2) is 5.78 Å². The van der Waals surface area contributed by atoms with Crippen molar-refractivity contribution in [3.8, 4) is 0 Å². The zero-order chi connectivity index (χ0) is 11.1. The van der Waals surface area contributed by atoms with E-state index in [1.54, 1.807) is 0 Å². The second kappa shape index (κ2) is 3.48. The van der Waals surface area contributed by atoms with Crippen molar-refractivity contribution in [1.29, 1.82) is 0 Å². The lowest BCUT2D eigenvalue weighted by molar-refractivity contribution is 0.0918. The Kier molecular flexibility index (Phi) is 2.10. The Balaban J connectivity index is 2.01. The number of carbonyl (C=O) groups is 1. The molecule has 82 valence electrons. The molecule has 2 aromatic rings. The van der Waals surface area contributed by atoms with Crippen molar-refractivity contribution in [2.24, 2.45) is 11.8 Å². The van der Waals surface area contributed by atoms with E-state index >= 15 is 0 Å². The third kappa shape index (κ3) is 1.45. The number of H-pyrrole nitrogens is 1. The summed E-state index contributed by atoms with van der Waals surface area (Å²) in [6, 6.07) is 7.98. The molecule has 16 heavy (non-hydrogen) atoms. The number of nitrogens with one attached hydrogen (secondary N) is 1. The molecular weight excluding hydrogens is 198 g/mol. The van der Waals surface area contributed by atoms with E-state index in [2.05, 4.69) is 11.9 Å². The average Bonchev–Trinajstić information content (AvgIpc) is 3.07. The van der Waals surface area contributed by atoms with E-state index in [-0.39, 0.29) is 5.92 Å². The number of para-hydroxylation sites is 1. The number of hydrogen-bond donors (Lipinski definition) is 1. The van der Waals surface area contributed by atoms with Crippen LogP contribution >= 0.6 is 0 Å². The van der Waals surface area contributed by atoms with Crippen molar-refractivity contribution >= 4 is 16.7 Å². The molecule has 0 saturated heterocycles. The van der Waals surface area contributed by atoms with Gasteiger partial charge in [-0.15, -0.1) is 0 Å². The fourth-order valence-electron chi connectivity index (χ4n) is 2.33. The molecule has 0 radical (unpaired) electrons. The summed E-state index contributed by atoms with van der Waals surface area (Å²) in [7, 11) is 0. The van der Waals surface area contributed by atoms with Crippen LogP contribution in [-0.2, 0) is 0 Å². The molecule has 0 aliphatic heterocycles. The molecular formula is C14H15NO. The fraction of sp³-hybridized carbons (Fsp3) is 0.357. The summed E-state index contributed by atoms with van der Waals surface area (Å²) in [5.74, 6) is 1.10. The molecule has 2 nitrogen and oxygen atoms in total. The quantitative estimate of drug-likeness (QED) is 0.779. The van der Waals surface area contributed by atoms with Crippen LogP contribution in [0, 0.1) is 11.8 Å². The number of hydrogen-bond acceptors (Lipinski definition) is 1. The van der Waals surface area contributed by atoms with Gasteiger partial charge in [0.25, 0.3) is 0 Å². The van der Waals surface area contributed by atoms with Crippen molar-refractivity contribution < 1.29 is 4.79 Å². The molecule has 1 atom stereocenters. The smallest absolute Gasteiger partial charge is 0.168 e. The maximum Gasteiger partial charge on any atom is 0.168 e. The first kappa shape index (κ1) is 9.64. The second-order valence-electron chi connectivity index (χ2n) is 4.74. The van der Waals surface area contributed by atoms with E-state index in [0.29, 0.717) is 11.7 Å². The summed E-state index contributed by atoms with van der Waals surface area (Å²) >= 11 is 0. The summed E-state index contributed by atoms with van der Waals surface area (Å²) in [6.45, 7) is 2.06. The van der Waals surface area contributed by atoms with Gasteiger partial charge in [0.05, 0.1) is 0 Å². The highest BCUT2D eigenvalue weighted by atomic mass is 16.1. The predicted octanol–water partition coefficient (Wildman–Crippen LogP) is 3.40. The van der Waals surface area contributed by atoms with Gasteiger partial charge in [-0.2, -0.15) is 0 Å². The van der Waals surface area contributed by atoms with E-state index in [9.17, 15) is 4.79 Å². The second-order valence-corrected chi connectivity index (χ2v) is 4.74. The molecule has 1 N–H and O–H groups in total. The average molecular weight is 213 g/mol. The lowest BCUT2D eigenvalue weighted by Crippen LogP contribution is -2.12. The minimum Gasteiger partial charge on any atom is -0.360 e. The molecule has 1 aliphatic carbocycles. The van der Waals surface area contributed by atoms with Gasteiger partial charge in [0.2, 0.25) is 0 Å². The molecule has 1 aromatic heterocycles. The summed E-state index contributed by atoms with van der Waals surface area (Å²) in [6.07, 6.45) is 4.29. The van der Waals surface area contributed by atoms with Crippen LogP contribution in [0.25, 0.3) is 10.9 Å². The number of ketones is 1. The maximum atomic E-state index is 12.3. The zero-order valence-corrected chi connectivity index (χ0v) is 9.36. The Hall–Kier alpha value is -1.57. The van der Waals surface area contributed by atoms with Crippen molar-refractivity contribution in [2.45, 2.75) is 19.8 Å². The number of carbonyl (C=O) groups excluding carboxylic acids is 1. The first-order chi connectivity index (χ1) is 7.77. The van der Waals surface area contributed by atoms with Crippen LogP contribution in [0.15, 0.2) is 30.5 Å². The Morgan fingerprint density at radius 1 is 1.38 bits per heavy atom. The molecule has 0 amide bonds. The summed E-state index contributed by atoms with van der Waals surface area (Å²) in [5, 5.41) is 1.06. The molecule has 0 bridgehead atoms. The van der Waals surface area contributed by atoms with Crippen molar-refractivity contribution in [2.75, 3.05) is 0 Å². The third-order valence-electron chi connectivity index (χ3n) is 3.60. The van der Waals surface area contributed by atoms with Crippen molar-refractivity contribution in [1.82, 2.24) is 4.98 Å². The summed E-state index contributed by atoms with van der Waals surface area (Å²) in [4.78, 5) is 15.4. The SMILES string of the molecule is CC(C(=O)c1c[nH]c2ccccc12)C1CC1. The van der Waals surface area contributed by atoms with Crippen LogP contribution < -0.4 is 0 Å². The Morgan fingerprint density at radius 3 is 2.88 bits per heavy atom. The topological polar surface area (TPSA) is 32.9 Å². The highest BCUT2D eigenvalue weighted by Gasteiger charge is 2.33. The zero-order valence-electron chi connectivity index (χ0n) is 9.36. The van der Waals surface area contributed by atoms with E-state index in [4.69, 9.17) is 0 Å².